The molecule has 0 saturated carbocycles. The summed E-state index contributed by atoms with van der Waals surface area (Å²) in [5.74, 6) is -0.703. The molecule has 3 rings (SSSR count). The quantitative estimate of drug-likeness (QED) is 0.944. The van der Waals surface area contributed by atoms with Crippen molar-refractivity contribution in [3.63, 3.8) is 0 Å². The summed E-state index contributed by atoms with van der Waals surface area (Å²) in [5.41, 5.74) is 7.57. The van der Waals surface area contributed by atoms with Crippen LogP contribution in [-0.2, 0) is 17.8 Å². The van der Waals surface area contributed by atoms with Gasteiger partial charge in [0.15, 0.2) is 0 Å². The van der Waals surface area contributed by atoms with E-state index in [4.69, 9.17) is 5.73 Å². The lowest BCUT2D eigenvalue weighted by Gasteiger charge is -2.32. The maximum Gasteiger partial charge on any atom is 0.239 e. The van der Waals surface area contributed by atoms with E-state index in [0.29, 0.717) is 6.54 Å². The zero-order valence-electron chi connectivity index (χ0n) is 10.9. The van der Waals surface area contributed by atoms with Crippen molar-refractivity contribution in [2.75, 3.05) is 6.54 Å². The number of amides is 1. The lowest BCUT2D eigenvalue weighted by atomic mass is 10.0. The number of rotatable bonds is 3. The van der Waals surface area contributed by atoms with Crippen molar-refractivity contribution in [3.05, 3.63) is 57.5 Å². The number of primary amides is 1. The zero-order chi connectivity index (χ0) is 14.1. The number of halogens is 1. The van der Waals surface area contributed by atoms with Crippen molar-refractivity contribution >= 4 is 17.2 Å². The molecule has 0 fully saturated rings. The van der Waals surface area contributed by atoms with Gasteiger partial charge in [-0.3, -0.25) is 9.69 Å². The van der Waals surface area contributed by atoms with E-state index in [2.05, 4.69) is 16.3 Å². The molecule has 3 nitrogen and oxygen atoms in total. The Balaban J connectivity index is 1.89. The van der Waals surface area contributed by atoms with E-state index in [1.807, 2.05) is 0 Å². The third-order valence-corrected chi connectivity index (χ3v) is 4.68. The van der Waals surface area contributed by atoms with Crippen LogP contribution in [0, 0.1) is 5.82 Å². The molecule has 0 radical (unpaired) electrons. The van der Waals surface area contributed by atoms with Crippen LogP contribution in [0.15, 0.2) is 35.7 Å². The highest BCUT2D eigenvalue weighted by Crippen LogP contribution is 2.30. The summed E-state index contributed by atoms with van der Waals surface area (Å²) >= 11 is 1.75. The molecule has 104 valence electrons. The van der Waals surface area contributed by atoms with Crippen molar-refractivity contribution in [1.82, 2.24) is 4.90 Å². The van der Waals surface area contributed by atoms with Gasteiger partial charge in [0.25, 0.3) is 0 Å². The molecule has 5 heteroatoms. The second-order valence-electron chi connectivity index (χ2n) is 4.95. The summed E-state index contributed by atoms with van der Waals surface area (Å²) in [6, 6.07) is 7.59. The lowest BCUT2D eigenvalue weighted by molar-refractivity contribution is -0.123. The molecule has 1 aromatic carbocycles. The molecule has 0 bridgehead atoms. The van der Waals surface area contributed by atoms with Gasteiger partial charge in [0.05, 0.1) is 0 Å². The van der Waals surface area contributed by atoms with Crippen LogP contribution in [0.4, 0.5) is 4.39 Å². The molecule has 1 aliphatic rings. The van der Waals surface area contributed by atoms with Crippen LogP contribution < -0.4 is 5.73 Å². The molecule has 1 aliphatic heterocycles. The Labute approximate surface area is 120 Å². The first-order chi connectivity index (χ1) is 9.65. The van der Waals surface area contributed by atoms with Crippen LogP contribution in [-0.4, -0.2) is 17.4 Å². The third kappa shape index (κ3) is 2.46. The minimum absolute atomic E-state index is 0.310. The van der Waals surface area contributed by atoms with Gasteiger partial charge in [0.2, 0.25) is 5.91 Å². The molecule has 2 aromatic rings. The normalized spacial score (nSPS) is 16.6. The van der Waals surface area contributed by atoms with Gasteiger partial charge in [0.1, 0.15) is 11.9 Å². The number of hydrogen-bond acceptors (Lipinski definition) is 3. The van der Waals surface area contributed by atoms with E-state index in [1.54, 1.807) is 23.5 Å². The van der Waals surface area contributed by atoms with Crippen LogP contribution in [0.3, 0.4) is 0 Å². The van der Waals surface area contributed by atoms with Gasteiger partial charge >= 0.3 is 0 Å². The Kier molecular flexibility index (Phi) is 3.54. The Morgan fingerprint density at radius 2 is 2.05 bits per heavy atom. The maximum atomic E-state index is 13.0. The van der Waals surface area contributed by atoms with Gasteiger partial charge in [-0.25, -0.2) is 4.39 Å². The number of fused-ring (bicyclic) bond motifs is 1. The SMILES string of the molecule is NC(=O)[C@H](c1ccc(F)cc1)N1CCc2sccc2C1. The average Bonchev–Trinajstić information content (AvgIpc) is 2.88. The molecule has 0 unspecified atom stereocenters. The largest absolute Gasteiger partial charge is 0.368 e. The van der Waals surface area contributed by atoms with Gasteiger partial charge < -0.3 is 5.73 Å². The molecule has 1 atom stereocenters. The van der Waals surface area contributed by atoms with Gasteiger partial charge in [-0.1, -0.05) is 12.1 Å². The van der Waals surface area contributed by atoms with E-state index in [0.717, 1.165) is 18.5 Å². The summed E-state index contributed by atoms with van der Waals surface area (Å²) in [4.78, 5) is 15.3. The molecular weight excluding hydrogens is 275 g/mol. The van der Waals surface area contributed by atoms with Crippen LogP contribution >= 0.6 is 11.3 Å². The Morgan fingerprint density at radius 1 is 1.30 bits per heavy atom. The standard InChI is InChI=1S/C15H15FN2OS/c16-12-3-1-10(2-4-12)14(15(17)19)18-7-5-13-11(9-18)6-8-20-13/h1-4,6,8,14H,5,7,9H2,(H2,17,19)/t14-/m0/s1. The predicted molar refractivity (Wildman–Crippen MR) is 76.8 cm³/mol. The van der Waals surface area contributed by atoms with Gasteiger partial charge in [-0.2, -0.15) is 0 Å². The Bertz CT molecular complexity index is 623. The highest BCUT2D eigenvalue weighted by molar-refractivity contribution is 7.10. The number of carbonyl (C=O) groups excluding carboxylic acids is 1. The summed E-state index contributed by atoms with van der Waals surface area (Å²) in [5, 5.41) is 2.07. The highest BCUT2D eigenvalue weighted by atomic mass is 32.1. The first kappa shape index (κ1) is 13.3. The minimum Gasteiger partial charge on any atom is -0.368 e. The molecule has 0 spiro atoms. The van der Waals surface area contributed by atoms with E-state index in [9.17, 15) is 9.18 Å². The van der Waals surface area contributed by atoms with E-state index >= 15 is 0 Å². The van der Waals surface area contributed by atoms with Crippen LogP contribution in [0.1, 0.15) is 22.0 Å². The van der Waals surface area contributed by atoms with Crippen molar-refractivity contribution in [1.29, 1.82) is 0 Å². The molecule has 1 amide bonds. The van der Waals surface area contributed by atoms with Crippen LogP contribution in [0.25, 0.3) is 0 Å². The number of hydrogen-bond donors (Lipinski definition) is 1. The average molecular weight is 290 g/mol. The smallest absolute Gasteiger partial charge is 0.239 e. The number of benzene rings is 1. The molecule has 1 aromatic heterocycles. The maximum absolute atomic E-state index is 13.0. The topological polar surface area (TPSA) is 46.3 Å². The van der Waals surface area contributed by atoms with Gasteiger partial charge in [-0.05, 0) is 41.1 Å². The fourth-order valence-corrected chi connectivity index (χ4v) is 3.58. The van der Waals surface area contributed by atoms with Crippen molar-refractivity contribution < 1.29 is 9.18 Å². The minimum atomic E-state index is -0.497. The van der Waals surface area contributed by atoms with Crippen LogP contribution in [0.5, 0.6) is 0 Å². The highest BCUT2D eigenvalue weighted by Gasteiger charge is 2.29. The third-order valence-electron chi connectivity index (χ3n) is 3.66. The van der Waals surface area contributed by atoms with Gasteiger partial charge in [-0.15, -0.1) is 11.3 Å². The zero-order valence-corrected chi connectivity index (χ0v) is 11.7. The Hall–Kier alpha value is -1.72. The van der Waals surface area contributed by atoms with E-state index in [-0.39, 0.29) is 5.82 Å². The Morgan fingerprint density at radius 3 is 2.75 bits per heavy atom. The predicted octanol–water partition coefficient (Wildman–Crippen LogP) is 2.47. The molecule has 2 heterocycles. The van der Waals surface area contributed by atoms with Crippen LogP contribution in [0.2, 0.25) is 0 Å². The molecular formula is C15H15FN2OS. The second-order valence-corrected chi connectivity index (χ2v) is 5.95. The summed E-state index contributed by atoms with van der Waals surface area (Å²) < 4.78 is 13.0. The fraction of sp³-hybridized carbons (Fsp3) is 0.267. The molecule has 0 aliphatic carbocycles. The number of carbonyl (C=O) groups is 1. The van der Waals surface area contributed by atoms with Crippen molar-refractivity contribution in [2.24, 2.45) is 5.73 Å². The second kappa shape index (κ2) is 5.34. The van der Waals surface area contributed by atoms with Gasteiger partial charge in [0, 0.05) is 18.0 Å². The molecule has 20 heavy (non-hydrogen) atoms. The monoisotopic (exact) mass is 290 g/mol. The number of thiophene rings is 1. The number of nitrogens with zero attached hydrogens (tertiary/aromatic N) is 1. The summed E-state index contributed by atoms with van der Waals surface area (Å²) in [6.07, 6.45) is 0.929. The lowest BCUT2D eigenvalue weighted by Crippen LogP contribution is -2.40. The first-order valence-electron chi connectivity index (χ1n) is 6.49. The summed E-state index contributed by atoms with van der Waals surface area (Å²) in [6.45, 7) is 1.50. The number of nitrogens with two attached hydrogens (primary N) is 1. The first-order valence-corrected chi connectivity index (χ1v) is 7.37. The summed E-state index contributed by atoms with van der Waals surface area (Å²) in [7, 11) is 0. The van der Waals surface area contributed by atoms with Crippen molar-refractivity contribution in [3.8, 4) is 0 Å². The van der Waals surface area contributed by atoms with E-state index < -0.39 is 11.9 Å². The molecule has 0 saturated heterocycles. The molecule has 2 N–H and O–H groups in total. The van der Waals surface area contributed by atoms with Crippen molar-refractivity contribution in [2.45, 2.75) is 19.0 Å². The van der Waals surface area contributed by atoms with E-state index in [1.165, 1.54) is 22.6 Å². The fourth-order valence-electron chi connectivity index (χ4n) is 2.69.